The number of hydrogen-bond acceptors (Lipinski definition) is 14. The van der Waals surface area contributed by atoms with Crippen LogP contribution in [-0.4, -0.2) is 115 Å². The fourth-order valence-electron chi connectivity index (χ4n) is 4.27. The van der Waals surface area contributed by atoms with Gasteiger partial charge in [0.1, 0.15) is 0 Å². The standard InChI is InChI=1S/C30H48S14/c1-5-31-9-13-35-17-21-39-22-18-36-14-10-32-6-2-26-25(1)41-29(42-26)30-43-27-3-7-33-11-15-37-19-23-40-24-20-38-16-12-34-8-4-28(27)44-30/h1-24H2. The van der Waals surface area contributed by atoms with Gasteiger partial charge in [-0.25, -0.2) is 0 Å². The molecule has 14 heteroatoms. The first-order chi connectivity index (χ1) is 21.9. The van der Waals surface area contributed by atoms with Crippen LogP contribution in [0, 0.1) is 0 Å². The summed E-state index contributed by atoms with van der Waals surface area (Å²) in [6, 6.07) is 0. The van der Waals surface area contributed by atoms with Crippen LogP contribution in [0.3, 0.4) is 0 Å². The minimum atomic E-state index is 1.26. The molecule has 0 radical (unpaired) electrons. The molecular formula is C30H48S14. The van der Waals surface area contributed by atoms with Crippen LogP contribution in [0.1, 0.15) is 25.7 Å². The van der Waals surface area contributed by atoms with Crippen LogP contribution in [-0.2, 0) is 0 Å². The van der Waals surface area contributed by atoms with Gasteiger partial charge in [-0.3, -0.25) is 0 Å². The maximum absolute atomic E-state index is 2.18. The zero-order chi connectivity index (χ0) is 30.3. The Balaban J connectivity index is 1.31. The Morgan fingerprint density at radius 2 is 0.364 bits per heavy atom. The summed E-state index contributed by atoms with van der Waals surface area (Å²) in [7, 11) is 0. The van der Waals surface area contributed by atoms with E-state index in [-0.39, 0.29) is 0 Å². The molecule has 0 saturated carbocycles. The summed E-state index contributed by atoms with van der Waals surface area (Å²) in [5.74, 6) is 26.3. The minimum absolute atomic E-state index is 1.26. The van der Waals surface area contributed by atoms with Gasteiger partial charge < -0.3 is 0 Å². The molecule has 0 spiro atoms. The third-order valence-electron chi connectivity index (χ3n) is 6.52. The highest BCUT2D eigenvalue weighted by Crippen LogP contribution is 2.62. The fourth-order valence-corrected chi connectivity index (χ4v) is 21.7. The third kappa shape index (κ3) is 18.1. The van der Waals surface area contributed by atoms with Crippen molar-refractivity contribution in [3.05, 3.63) is 28.1 Å². The van der Waals surface area contributed by atoms with E-state index in [0.717, 1.165) is 0 Å². The Labute approximate surface area is 329 Å². The van der Waals surface area contributed by atoms with Crippen LogP contribution in [0.5, 0.6) is 0 Å². The van der Waals surface area contributed by atoms with Gasteiger partial charge in [-0.05, 0) is 48.7 Å². The van der Waals surface area contributed by atoms with Crippen molar-refractivity contribution in [2.75, 3.05) is 115 Å². The second kappa shape index (κ2) is 27.7. The average molecular weight is 858 g/mol. The van der Waals surface area contributed by atoms with Crippen molar-refractivity contribution in [3.8, 4) is 0 Å². The molecule has 0 aromatic carbocycles. The molecule has 0 saturated heterocycles. The fraction of sp³-hybridized carbons (Fsp3) is 0.800. The van der Waals surface area contributed by atoms with Crippen LogP contribution < -0.4 is 0 Å². The number of thioether (sulfide) groups is 14. The van der Waals surface area contributed by atoms with Gasteiger partial charge in [0.15, 0.2) is 0 Å². The highest BCUT2D eigenvalue weighted by Gasteiger charge is 2.29. The van der Waals surface area contributed by atoms with E-state index in [0.29, 0.717) is 0 Å². The van der Waals surface area contributed by atoms with Crippen LogP contribution in [0.2, 0.25) is 0 Å². The van der Waals surface area contributed by atoms with Crippen LogP contribution in [0.15, 0.2) is 28.1 Å². The summed E-state index contributed by atoms with van der Waals surface area (Å²) in [5.41, 5.74) is 0. The summed E-state index contributed by atoms with van der Waals surface area (Å²) in [5, 5.41) is 0. The topological polar surface area (TPSA) is 0 Å². The zero-order valence-electron chi connectivity index (χ0n) is 25.7. The molecule has 0 fully saturated rings. The number of rotatable bonds is 0. The SMILES string of the molecule is C1CSCCSCCC2=C(CCSCCSCCS1)SC(=C1SC3=C(CCSCCSCCSCCSCCSCC3)S1)S2. The lowest BCUT2D eigenvalue weighted by molar-refractivity contribution is 1.14. The molecule has 4 aliphatic rings. The molecule has 0 aromatic heterocycles. The van der Waals surface area contributed by atoms with Gasteiger partial charge in [0.05, 0.1) is 8.47 Å². The largest absolute Gasteiger partial charge is 0.161 e. The molecule has 4 heterocycles. The predicted octanol–water partition coefficient (Wildman–Crippen LogP) is 12.4. The Morgan fingerprint density at radius 3 is 0.545 bits per heavy atom. The lowest BCUT2D eigenvalue weighted by atomic mass is 10.3. The first-order valence-corrected chi connectivity index (χ1v) is 30.4. The first-order valence-electron chi connectivity index (χ1n) is 15.6. The second-order valence-electron chi connectivity index (χ2n) is 9.80. The van der Waals surface area contributed by atoms with Gasteiger partial charge in [-0.2, -0.15) is 118 Å². The molecule has 0 amide bonds. The summed E-state index contributed by atoms with van der Waals surface area (Å²) < 4.78 is 3.22. The molecule has 0 nitrogen and oxygen atoms in total. The van der Waals surface area contributed by atoms with E-state index in [9.17, 15) is 0 Å². The summed E-state index contributed by atoms with van der Waals surface area (Å²) in [6.07, 6.45) is 5.06. The van der Waals surface area contributed by atoms with Gasteiger partial charge in [0.2, 0.25) is 0 Å². The van der Waals surface area contributed by atoms with Crippen molar-refractivity contribution in [2.24, 2.45) is 0 Å². The normalized spacial score (nSPS) is 25.6. The van der Waals surface area contributed by atoms with Crippen molar-refractivity contribution < 1.29 is 0 Å². The van der Waals surface area contributed by atoms with Gasteiger partial charge in [0.25, 0.3) is 0 Å². The van der Waals surface area contributed by atoms with E-state index in [4.69, 9.17) is 0 Å². The van der Waals surface area contributed by atoms with Crippen molar-refractivity contribution in [1.82, 2.24) is 0 Å². The van der Waals surface area contributed by atoms with E-state index < -0.39 is 0 Å². The molecule has 0 atom stereocenters. The molecule has 0 bridgehead atoms. The third-order valence-corrected chi connectivity index (χ3v) is 24.6. The zero-order valence-corrected chi connectivity index (χ0v) is 37.1. The molecule has 0 N–H and O–H groups in total. The van der Waals surface area contributed by atoms with Crippen molar-refractivity contribution in [1.29, 1.82) is 0 Å². The average Bonchev–Trinajstić information content (AvgIpc) is 3.63. The lowest BCUT2D eigenvalue weighted by Crippen LogP contribution is -1.94. The molecule has 0 aliphatic carbocycles. The highest BCUT2D eigenvalue weighted by atomic mass is 32.2. The van der Waals surface area contributed by atoms with Gasteiger partial charge in [-0.1, -0.05) is 47.0 Å². The Bertz CT molecular complexity index is 755. The van der Waals surface area contributed by atoms with Crippen molar-refractivity contribution in [3.63, 3.8) is 0 Å². The van der Waals surface area contributed by atoms with E-state index in [2.05, 4.69) is 165 Å². The molecule has 252 valence electrons. The molecule has 4 aliphatic heterocycles. The molecule has 0 aromatic rings. The summed E-state index contributed by atoms with van der Waals surface area (Å²) >= 11 is 30.3. The van der Waals surface area contributed by atoms with Crippen LogP contribution >= 0.6 is 165 Å². The highest BCUT2D eigenvalue weighted by molar-refractivity contribution is 8.34. The smallest absolute Gasteiger partial charge is 0.0700 e. The predicted molar refractivity (Wildman–Crippen MR) is 243 cm³/mol. The maximum Gasteiger partial charge on any atom is 0.0700 e. The van der Waals surface area contributed by atoms with Crippen LogP contribution in [0.4, 0.5) is 0 Å². The molecular weight excluding hydrogens is 809 g/mol. The quantitative estimate of drug-likeness (QED) is 0.227. The van der Waals surface area contributed by atoms with E-state index in [1.54, 1.807) is 28.1 Å². The first kappa shape index (κ1) is 40.9. The monoisotopic (exact) mass is 856 g/mol. The maximum atomic E-state index is 2.18. The van der Waals surface area contributed by atoms with Gasteiger partial charge in [0, 0.05) is 112 Å². The van der Waals surface area contributed by atoms with Crippen molar-refractivity contribution >= 4 is 165 Å². The van der Waals surface area contributed by atoms with E-state index in [1.807, 2.05) is 0 Å². The Morgan fingerprint density at radius 1 is 0.205 bits per heavy atom. The van der Waals surface area contributed by atoms with Crippen molar-refractivity contribution in [2.45, 2.75) is 25.7 Å². The van der Waals surface area contributed by atoms with E-state index >= 15 is 0 Å². The minimum Gasteiger partial charge on any atom is -0.161 e. The van der Waals surface area contributed by atoms with Gasteiger partial charge in [-0.15, -0.1) is 0 Å². The summed E-state index contributed by atoms with van der Waals surface area (Å²) in [4.78, 5) is 6.80. The van der Waals surface area contributed by atoms with E-state index in [1.165, 1.54) is 141 Å². The molecule has 4 rings (SSSR count). The van der Waals surface area contributed by atoms with Crippen LogP contribution in [0.25, 0.3) is 0 Å². The molecule has 44 heavy (non-hydrogen) atoms. The number of allylic oxidation sites excluding steroid dienone is 4. The number of hydrogen-bond donors (Lipinski definition) is 0. The summed E-state index contributed by atoms with van der Waals surface area (Å²) in [6.45, 7) is 0. The second-order valence-corrected chi connectivity index (χ2v) is 27.0. The lowest BCUT2D eigenvalue weighted by Gasteiger charge is -2.06. The molecule has 0 unspecified atom stereocenters. The Hall–Kier alpha value is 4.12. The Kier molecular flexibility index (Phi) is 25.8. The van der Waals surface area contributed by atoms with Gasteiger partial charge >= 0.3 is 0 Å².